The van der Waals surface area contributed by atoms with Crippen LogP contribution in [0, 0.1) is 0 Å². The quantitative estimate of drug-likeness (QED) is 0.488. The monoisotopic (exact) mass is 377 g/mol. The summed E-state index contributed by atoms with van der Waals surface area (Å²) in [5.41, 5.74) is 1.01. The number of halogens is 1. The van der Waals surface area contributed by atoms with Gasteiger partial charge < -0.3 is 9.64 Å². The molecule has 1 aliphatic rings. The van der Waals surface area contributed by atoms with Crippen LogP contribution in [0.3, 0.4) is 0 Å². The summed E-state index contributed by atoms with van der Waals surface area (Å²) in [7, 11) is 0. The largest absolute Gasteiger partial charge is 0.445 e. The Hall–Kier alpha value is -0.430. The molecule has 1 aromatic rings. The Morgan fingerprint density at radius 3 is 2.83 bits per heavy atom. The predicted octanol–water partition coefficient (Wildman–Crippen LogP) is 3.13. The van der Waals surface area contributed by atoms with Crippen LogP contribution in [0.1, 0.15) is 12.0 Å². The Kier molecular flexibility index (Phi) is 5.17. The summed E-state index contributed by atoms with van der Waals surface area (Å²) >= 11 is 6.88. The number of benzene rings is 1. The van der Waals surface area contributed by atoms with Crippen molar-refractivity contribution in [3.63, 3.8) is 0 Å². The Balaban J connectivity index is 1.82. The van der Waals surface area contributed by atoms with E-state index in [1.807, 2.05) is 30.3 Å². The number of hydrogen-bond acceptors (Lipinski definition) is 3. The van der Waals surface area contributed by atoms with Gasteiger partial charge in [-0.1, -0.05) is 52.9 Å². The molecule has 1 fully saturated rings. The van der Waals surface area contributed by atoms with Gasteiger partial charge in [0.2, 0.25) is 0 Å². The molecule has 0 unspecified atom stereocenters. The number of carbonyl (C=O) groups is 1. The lowest BCUT2D eigenvalue weighted by Crippen LogP contribution is -2.45. The van der Waals surface area contributed by atoms with E-state index in [0.29, 0.717) is 17.1 Å². The lowest BCUT2D eigenvalue weighted by molar-refractivity contribution is 0.0914. The molecule has 1 aromatic carbocycles. The molecule has 3 nitrogen and oxygen atoms in total. The lowest BCUT2D eigenvalue weighted by Gasteiger charge is -2.33. The Labute approximate surface area is 126 Å². The molecule has 0 aliphatic carbocycles. The lowest BCUT2D eigenvalue weighted by atomic mass is 10.1. The van der Waals surface area contributed by atoms with E-state index in [9.17, 15) is 4.79 Å². The van der Waals surface area contributed by atoms with Crippen molar-refractivity contribution in [1.82, 2.24) is 4.90 Å². The van der Waals surface area contributed by atoms with E-state index in [1.165, 1.54) is 0 Å². The Bertz CT molecular complexity index is 401. The van der Waals surface area contributed by atoms with Crippen molar-refractivity contribution in [2.24, 2.45) is 0 Å². The summed E-state index contributed by atoms with van der Waals surface area (Å²) in [6, 6.07) is 9.72. The van der Waals surface area contributed by atoms with Crippen LogP contribution in [0.4, 0.5) is 4.79 Å². The van der Waals surface area contributed by atoms with Crippen LogP contribution < -0.4 is 0 Å². The highest BCUT2D eigenvalue weighted by Gasteiger charge is 2.28. The molecule has 1 aliphatic heterocycles. The molecule has 0 aromatic heterocycles. The highest BCUT2D eigenvalue weighted by Crippen LogP contribution is 2.23. The molecule has 1 saturated heterocycles. The number of hydrogen-bond donors (Lipinski definition) is 1. The minimum absolute atomic E-state index is 0.235. The highest BCUT2D eigenvalue weighted by molar-refractivity contribution is 14.1. The number of carbonyl (C=O) groups excluding carboxylic acids is 1. The highest BCUT2D eigenvalue weighted by atomic mass is 127. The van der Waals surface area contributed by atoms with Crippen LogP contribution in [0.2, 0.25) is 0 Å². The Morgan fingerprint density at radius 1 is 1.44 bits per heavy atom. The fourth-order valence-electron chi connectivity index (χ4n) is 1.88. The van der Waals surface area contributed by atoms with Crippen molar-refractivity contribution in [1.29, 1.82) is 0 Å². The predicted molar refractivity (Wildman–Crippen MR) is 83.4 cm³/mol. The van der Waals surface area contributed by atoms with Crippen molar-refractivity contribution in [3.05, 3.63) is 35.9 Å². The average Bonchev–Trinajstić information content (AvgIpc) is 2.40. The second kappa shape index (κ2) is 6.65. The number of ether oxygens (including phenoxy) is 1. The number of alkyl halides is 1. The van der Waals surface area contributed by atoms with Crippen molar-refractivity contribution < 1.29 is 9.53 Å². The van der Waals surface area contributed by atoms with Crippen molar-refractivity contribution in [2.45, 2.75) is 22.2 Å². The van der Waals surface area contributed by atoms with Gasteiger partial charge in [0.25, 0.3) is 0 Å². The fourth-order valence-corrected chi connectivity index (χ4v) is 2.73. The molecule has 1 heterocycles. The average molecular weight is 377 g/mol. The van der Waals surface area contributed by atoms with E-state index in [2.05, 4.69) is 35.2 Å². The van der Waals surface area contributed by atoms with Gasteiger partial charge >= 0.3 is 6.09 Å². The summed E-state index contributed by atoms with van der Waals surface area (Å²) in [4.78, 5) is 13.6. The molecule has 18 heavy (non-hydrogen) atoms. The smallest absolute Gasteiger partial charge is 0.410 e. The molecule has 0 bridgehead atoms. The maximum atomic E-state index is 11.9. The maximum Gasteiger partial charge on any atom is 0.410 e. The van der Waals surface area contributed by atoms with Gasteiger partial charge in [-0.15, -0.1) is 0 Å². The van der Waals surface area contributed by atoms with Gasteiger partial charge in [0, 0.05) is 22.3 Å². The number of likely N-dealkylation sites (tertiary alicyclic amines) is 1. The molecular formula is C13H16INO2S. The van der Waals surface area contributed by atoms with E-state index < -0.39 is 0 Å². The summed E-state index contributed by atoms with van der Waals surface area (Å²) in [5, 5.41) is 0.239. The minimum Gasteiger partial charge on any atom is -0.445 e. The molecule has 98 valence electrons. The van der Waals surface area contributed by atoms with E-state index >= 15 is 0 Å². The van der Waals surface area contributed by atoms with E-state index in [0.717, 1.165) is 18.5 Å². The molecule has 2 atom stereocenters. The second-order valence-electron chi connectivity index (χ2n) is 4.36. The van der Waals surface area contributed by atoms with Gasteiger partial charge in [0.05, 0.1) is 0 Å². The van der Waals surface area contributed by atoms with Crippen LogP contribution in [0.5, 0.6) is 0 Å². The van der Waals surface area contributed by atoms with Gasteiger partial charge in [-0.05, 0) is 12.0 Å². The second-order valence-corrected chi connectivity index (χ2v) is 6.62. The zero-order valence-electron chi connectivity index (χ0n) is 9.96. The van der Waals surface area contributed by atoms with Crippen molar-refractivity contribution in [2.75, 3.05) is 13.1 Å². The maximum absolute atomic E-state index is 11.9. The SMILES string of the molecule is O=C(OCc1ccccc1)N1CC[C@H](I)[C@@H](S)C1. The van der Waals surface area contributed by atoms with E-state index in [4.69, 9.17) is 4.74 Å². The molecular weight excluding hydrogens is 361 g/mol. The standard InChI is InChI=1S/C13H16INO2S/c14-11-6-7-15(8-12(11)18)13(16)17-9-10-4-2-1-3-5-10/h1-5,11-12,18H,6-9H2/t11-,12-/m0/s1. The molecule has 0 saturated carbocycles. The van der Waals surface area contributed by atoms with E-state index in [1.54, 1.807) is 4.90 Å². The first-order chi connectivity index (χ1) is 8.66. The zero-order chi connectivity index (χ0) is 13.0. The number of rotatable bonds is 2. The van der Waals surface area contributed by atoms with Gasteiger partial charge in [-0.25, -0.2) is 4.79 Å². The third kappa shape index (κ3) is 3.78. The van der Waals surface area contributed by atoms with Crippen LogP contribution >= 0.6 is 35.2 Å². The fraction of sp³-hybridized carbons (Fsp3) is 0.462. The minimum atomic E-state index is -0.235. The summed E-state index contributed by atoms with van der Waals surface area (Å²) < 4.78 is 5.83. The topological polar surface area (TPSA) is 29.5 Å². The van der Waals surface area contributed by atoms with Gasteiger partial charge in [-0.3, -0.25) is 0 Å². The number of thiol groups is 1. The third-order valence-corrected chi connectivity index (χ3v) is 5.55. The van der Waals surface area contributed by atoms with Crippen LogP contribution in [0.15, 0.2) is 30.3 Å². The molecule has 0 N–H and O–H groups in total. The molecule has 5 heteroatoms. The number of amides is 1. The first kappa shape index (κ1) is 14.0. The van der Waals surface area contributed by atoms with Gasteiger partial charge in [0.15, 0.2) is 0 Å². The summed E-state index contributed by atoms with van der Waals surface area (Å²) in [6.45, 7) is 1.77. The zero-order valence-corrected chi connectivity index (χ0v) is 13.0. The molecule has 0 radical (unpaired) electrons. The molecule has 2 rings (SSSR count). The van der Waals surface area contributed by atoms with Gasteiger partial charge in [-0.2, -0.15) is 12.6 Å². The van der Waals surface area contributed by atoms with Crippen LogP contribution in [-0.4, -0.2) is 33.3 Å². The number of piperidine rings is 1. The van der Waals surface area contributed by atoms with E-state index in [-0.39, 0.29) is 11.3 Å². The molecule has 1 amide bonds. The normalized spacial score (nSPS) is 23.8. The third-order valence-electron chi connectivity index (χ3n) is 2.96. The van der Waals surface area contributed by atoms with Crippen LogP contribution in [-0.2, 0) is 11.3 Å². The van der Waals surface area contributed by atoms with Crippen molar-refractivity contribution >= 4 is 41.3 Å². The van der Waals surface area contributed by atoms with Crippen molar-refractivity contribution in [3.8, 4) is 0 Å². The molecule has 0 spiro atoms. The summed E-state index contributed by atoms with van der Waals surface area (Å²) in [5.74, 6) is 0. The van der Waals surface area contributed by atoms with Gasteiger partial charge in [0.1, 0.15) is 6.61 Å². The Morgan fingerprint density at radius 2 is 2.17 bits per heavy atom. The number of nitrogens with zero attached hydrogens (tertiary/aromatic N) is 1. The first-order valence-electron chi connectivity index (χ1n) is 5.94. The summed E-state index contributed by atoms with van der Waals surface area (Å²) in [6.07, 6.45) is 0.746. The first-order valence-corrected chi connectivity index (χ1v) is 7.71. The van der Waals surface area contributed by atoms with Crippen LogP contribution in [0.25, 0.3) is 0 Å².